The Morgan fingerprint density at radius 2 is 1.96 bits per heavy atom. The van der Waals surface area contributed by atoms with E-state index in [1.165, 1.54) is 31.7 Å². The van der Waals surface area contributed by atoms with E-state index in [1.807, 2.05) is 0 Å². The van der Waals surface area contributed by atoms with Gasteiger partial charge in [0.15, 0.2) is 0 Å². The molecule has 1 aromatic carbocycles. The van der Waals surface area contributed by atoms with Gasteiger partial charge in [-0.15, -0.1) is 0 Å². The first-order valence-electron chi connectivity index (χ1n) is 7.92. The molecule has 0 aromatic heterocycles. The van der Waals surface area contributed by atoms with Gasteiger partial charge in [0.25, 0.3) is 0 Å². The maximum atomic E-state index is 12.6. The molecule has 1 aliphatic rings. The van der Waals surface area contributed by atoms with Crippen molar-refractivity contribution >= 4 is 39.1 Å². The van der Waals surface area contributed by atoms with Crippen molar-refractivity contribution in [1.29, 1.82) is 0 Å². The lowest BCUT2D eigenvalue weighted by atomic mass is 9.86. The predicted octanol–water partition coefficient (Wildman–Crippen LogP) is 3.31. The molecule has 1 fully saturated rings. The molecule has 0 bridgehead atoms. The lowest BCUT2D eigenvalue weighted by molar-refractivity contribution is -0.122. The molecule has 8 heteroatoms. The fourth-order valence-corrected chi connectivity index (χ4v) is 4.77. The van der Waals surface area contributed by atoms with Crippen molar-refractivity contribution in [2.75, 3.05) is 13.6 Å². The summed E-state index contributed by atoms with van der Waals surface area (Å²) in [7, 11) is -2.53. The molecule has 0 unspecified atom stereocenters. The summed E-state index contributed by atoms with van der Waals surface area (Å²) in [6, 6.07) is 4.34. The van der Waals surface area contributed by atoms with Crippen LogP contribution in [0.1, 0.15) is 32.6 Å². The molecule has 5 nitrogen and oxygen atoms in total. The minimum Gasteiger partial charge on any atom is -0.352 e. The Labute approximate surface area is 153 Å². The van der Waals surface area contributed by atoms with E-state index in [-0.39, 0.29) is 33.4 Å². The molecule has 1 aromatic rings. The number of hydrogen-bond donors (Lipinski definition) is 1. The first-order chi connectivity index (χ1) is 11.2. The van der Waals surface area contributed by atoms with Crippen LogP contribution in [0.25, 0.3) is 0 Å². The SMILES string of the molecule is C[C@@H]1CCCC[C@H]1NC(=O)CN(C)S(=O)(=O)c1cc(Cl)ccc1Cl. The number of nitrogens with zero attached hydrogens (tertiary/aromatic N) is 1. The van der Waals surface area contributed by atoms with Gasteiger partial charge >= 0.3 is 0 Å². The third-order valence-electron chi connectivity index (χ3n) is 4.41. The summed E-state index contributed by atoms with van der Waals surface area (Å²) in [5, 5.41) is 3.29. The lowest BCUT2D eigenvalue weighted by Crippen LogP contribution is -2.46. The van der Waals surface area contributed by atoms with Crippen LogP contribution in [0.3, 0.4) is 0 Å². The average molecular weight is 393 g/mol. The van der Waals surface area contributed by atoms with E-state index in [9.17, 15) is 13.2 Å². The number of benzene rings is 1. The van der Waals surface area contributed by atoms with E-state index in [0.717, 1.165) is 23.6 Å². The molecule has 2 atom stereocenters. The van der Waals surface area contributed by atoms with Crippen LogP contribution in [0.5, 0.6) is 0 Å². The minimum absolute atomic E-state index is 0.0764. The van der Waals surface area contributed by atoms with Crippen LogP contribution in [0.2, 0.25) is 10.0 Å². The minimum atomic E-state index is -3.89. The van der Waals surface area contributed by atoms with Gasteiger partial charge in [-0.1, -0.05) is 43.0 Å². The van der Waals surface area contributed by atoms with Crippen LogP contribution in [-0.4, -0.2) is 38.3 Å². The highest BCUT2D eigenvalue weighted by atomic mass is 35.5. The monoisotopic (exact) mass is 392 g/mol. The summed E-state index contributed by atoms with van der Waals surface area (Å²) in [6.07, 6.45) is 4.28. The highest BCUT2D eigenvalue weighted by Crippen LogP contribution is 2.27. The van der Waals surface area contributed by atoms with Crippen molar-refractivity contribution in [3.05, 3.63) is 28.2 Å². The fourth-order valence-electron chi connectivity index (χ4n) is 2.91. The molecular weight excluding hydrogens is 371 g/mol. The Hall–Kier alpha value is -0.820. The predicted molar refractivity (Wildman–Crippen MR) is 95.8 cm³/mol. The zero-order valence-corrected chi connectivity index (χ0v) is 16.1. The highest BCUT2D eigenvalue weighted by molar-refractivity contribution is 7.89. The standard InChI is InChI=1S/C16H22Cl2N2O3S/c1-11-5-3-4-6-14(11)19-16(21)10-20(2)24(22,23)15-9-12(17)7-8-13(15)18/h7-9,11,14H,3-6,10H2,1-2H3,(H,19,21)/t11-,14-/m1/s1. The second-order valence-corrected chi connectivity index (χ2v) is 9.13. The summed E-state index contributed by atoms with van der Waals surface area (Å²) in [4.78, 5) is 12.1. The summed E-state index contributed by atoms with van der Waals surface area (Å²) in [5.41, 5.74) is 0. The van der Waals surface area contributed by atoms with Crippen LogP contribution in [0.15, 0.2) is 23.1 Å². The maximum Gasteiger partial charge on any atom is 0.244 e. The Bertz CT molecular complexity index is 709. The van der Waals surface area contributed by atoms with Crippen molar-refractivity contribution in [2.24, 2.45) is 5.92 Å². The van der Waals surface area contributed by atoms with Crippen molar-refractivity contribution in [1.82, 2.24) is 9.62 Å². The number of nitrogens with one attached hydrogen (secondary N) is 1. The molecule has 0 radical (unpaired) electrons. The van der Waals surface area contributed by atoms with Crippen LogP contribution in [0, 0.1) is 5.92 Å². The Morgan fingerprint density at radius 1 is 1.29 bits per heavy atom. The van der Waals surface area contributed by atoms with Gasteiger partial charge in [-0.05, 0) is 37.0 Å². The molecule has 134 valence electrons. The third kappa shape index (κ3) is 4.63. The van der Waals surface area contributed by atoms with Crippen molar-refractivity contribution in [3.63, 3.8) is 0 Å². The van der Waals surface area contributed by atoms with Gasteiger partial charge in [0.05, 0.1) is 11.6 Å². The molecule has 1 aliphatic carbocycles. The third-order valence-corrected chi connectivity index (χ3v) is 6.93. The molecule has 24 heavy (non-hydrogen) atoms. The summed E-state index contributed by atoms with van der Waals surface area (Å²) in [6.45, 7) is 1.85. The van der Waals surface area contributed by atoms with Gasteiger partial charge in [-0.3, -0.25) is 4.79 Å². The number of carbonyl (C=O) groups excluding carboxylic acids is 1. The topological polar surface area (TPSA) is 66.5 Å². The number of halogens is 2. The van der Waals surface area contributed by atoms with Crippen LogP contribution >= 0.6 is 23.2 Å². The van der Waals surface area contributed by atoms with Crippen molar-refractivity contribution < 1.29 is 13.2 Å². The highest BCUT2D eigenvalue weighted by Gasteiger charge is 2.28. The van der Waals surface area contributed by atoms with Crippen molar-refractivity contribution in [2.45, 2.75) is 43.5 Å². The fraction of sp³-hybridized carbons (Fsp3) is 0.562. The zero-order valence-electron chi connectivity index (χ0n) is 13.8. The molecule has 1 saturated carbocycles. The number of likely N-dealkylation sites (N-methyl/N-ethyl adjacent to an activating group) is 1. The number of sulfonamides is 1. The molecule has 1 amide bonds. The molecule has 1 N–H and O–H groups in total. The lowest BCUT2D eigenvalue weighted by Gasteiger charge is -2.30. The Kier molecular flexibility index (Phi) is 6.53. The number of carbonyl (C=O) groups is 1. The van der Waals surface area contributed by atoms with E-state index in [1.54, 1.807) is 0 Å². The zero-order chi connectivity index (χ0) is 17.9. The average Bonchev–Trinajstić information content (AvgIpc) is 2.51. The Morgan fingerprint density at radius 3 is 2.62 bits per heavy atom. The number of hydrogen-bond acceptors (Lipinski definition) is 3. The maximum absolute atomic E-state index is 12.6. The number of rotatable bonds is 5. The smallest absolute Gasteiger partial charge is 0.244 e. The first kappa shape index (κ1) is 19.5. The van der Waals surface area contributed by atoms with Gasteiger partial charge in [0, 0.05) is 18.1 Å². The van der Waals surface area contributed by atoms with Crippen LogP contribution < -0.4 is 5.32 Å². The van der Waals surface area contributed by atoms with Crippen LogP contribution in [-0.2, 0) is 14.8 Å². The molecular formula is C16H22Cl2N2O3S. The van der Waals surface area contributed by atoms with Gasteiger partial charge in [-0.2, -0.15) is 4.31 Å². The van der Waals surface area contributed by atoms with Crippen molar-refractivity contribution in [3.8, 4) is 0 Å². The molecule has 2 rings (SSSR count). The normalized spacial score (nSPS) is 21.7. The largest absolute Gasteiger partial charge is 0.352 e. The molecule has 0 aliphatic heterocycles. The van der Waals surface area contributed by atoms with Gasteiger partial charge in [0.2, 0.25) is 15.9 Å². The second kappa shape index (κ2) is 8.04. The molecule has 0 saturated heterocycles. The summed E-state index contributed by atoms with van der Waals surface area (Å²) in [5.74, 6) is 0.102. The quantitative estimate of drug-likeness (QED) is 0.835. The summed E-state index contributed by atoms with van der Waals surface area (Å²) >= 11 is 11.8. The van der Waals surface area contributed by atoms with E-state index in [4.69, 9.17) is 23.2 Å². The van der Waals surface area contributed by atoms with E-state index < -0.39 is 10.0 Å². The Balaban J connectivity index is 2.06. The second-order valence-electron chi connectivity index (χ2n) is 6.27. The van der Waals surface area contributed by atoms with E-state index in [0.29, 0.717) is 5.92 Å². The molecule has 0 spiro atoms. The molecule has 0 heterocycles. The van der Waals surface area contributed by atoms with Gasteiger partial charge in [-0.25, -0.2) is 8.42 Å². The van der Waals surface area contributed by atoms with Gasteiger partial charge in [0.1, 0.15) is 4.90 Å². The first-order valence-corrected chi connectivity index (χ1v) is 10.1. The van der Waals surface area contributed by atoms with E-state index >= 15 is 0 Å². The summed E-state index contributed by atoms with van der Waals surface area (Å²) < 4.78 is 26.2. The van der Waals surface area contributed by atoms with E-state index in [2.05, 4.69) is 12.2 Å². The number of amides is 1. The van der Waals surface area contributed by atoms with Crippen LogP contribution in [0.4, 0.5) is 0 Å². The van der Waals surface area contributed by atoms with Gasteiger partial charge < -0.3 is 5.32 Å².